The highest BCUT2D eigenvalue weighted by molar-refractivity contribution is 7.98. The summed E-state index contributed by atoms with van der Waals surface area (Å²) in [6, 6.07) is 6.74. The second-order valence-electron chi connectivity index (χ2n) is 4.42. The van der Waals surface area contributed by atoms with Gasteiger partial charge in [-0.05, 0) is 25.5 Å². The van der Waals surface area contributed by atoms with Gasteiger partial charge in [0.2, 0.25) is 0 Å². The Morgan fingerprint density at radius 2 is 1.88 bits per heavy atom. The normalized spacial score (nSPS) is 21.1. The Kier molecular flexibility index (Phi) is 2.52. The van der Waals surface area contributed by atoms with E-state index in [1.807, 2.05) is 0 Å². The lowest BCUT2D eigenvalue weighted by Crippen LogP contribution is -2.67. The van der Waals surface area contributed by atoms with Gasteiger partial charge >= 0.3 is 0 Å². The van der Waals surface area contributed by atoms with Gasteiger partial charge in [-0.2, -0.15) is 0 Å². The van der Waals surface area contributed by atoms with Gasteiger partial charge in [-0.25, -0.2) is 12.7 Å². The van der Waals surface area contributed by atoms with E-state index in [0.29, 0.717) is 11.3 Å². The Bertz CT molecular complexity index is 578. The van der Waals surface area contributed by atoms with Gasteiger partial charge in [-0.15, -0.1) is 0 Å². The molecule has 0 unspecified atom stereocenters. The fourth-order valence-electron chi connectivity index (χ4n) is 1.77. The molecular formula is C11H14N2O3S. The summed E-state index contributed by atoms with van der Waals surface area (Å²) in [6.07, 6.45) is 0. The highest BCUT2D eigenvalue weighted by Gasteiger charge is 2.61. The van der Waals surface area contributed by atoms with E-state index in [2.05, 4.69) is 0 Å². The van der Waals surface area contributed by atoms with Gasteiger partial charge in [0.15, 0.2) is 4.75 Å². The van der Waals surface area contributed by atoms with Crippen molar-refractivity contribution in [1.29, 1.82) is 0 Å². The molecule has 5 nitrogen and oxygen atoms in total. The third-order valence-electron chi connectivity index (χ3n) is 3.02. The molecule has 1 aromatic carbocycles. The molecule has 1 saturated heterocycles. The fourth-order valence-corrected chi connectivity index (χ4v) is 3.29. The summed E-state index contributed by atoms with van der Waals surface area (Å²) in [4.78, 5) is 11.9. The molecule has 1 amide bonds. The number of rotatable bonds is 2. The fraction of sp³-hybridized carbons (Fsp3) is 0.364. The summed E-state index contributed by atoms with van der Waals surface area (Å²) in [5.41, 5.74) is 6.54. The second-order valence-corrected chi connectivity index (χ2v) is 6.75. The number of nitrogens with zero attached hydrogens (tertiary/aromatic N) is 1. The van der Waals surface area contributed by atoms with E-state index in [0.717, 1.165) is 4.31 Å². The van der Waals surface area contributed by atoms with Crippen molar-refractivity contribution < 1.29 is 13.2 Å². The van der Waals surface area contributed by atoms with Crippen LogP contribution < -0.4 is 10.0 Å². The Morgan fingerprint density at radius 1 is 1.29 bits per heavy atom. The molecule has 1 aliphatic heterocycles. The molecule has 0 radical (unpaired) electrons. The third kappa shape index (κ3) is 1.41. The molecule has 0 bridgehead atoms. The van der Waals surface area contributed by atoms with E-state index in [9.17, 15) is 13.2 Å². The predicted molar refractivity (Wildman–Crippen MR) is 64.8 cm³/mol. The van der Waals surface area contributed by atoms with Gasteiger partial charge < -0.3 is 5.73 Å². The quantitative estimate of drug-likeness (QED) is 0.838. The number of carbonyl (C=O) groups excluding carboxylic acids is 1. The molecule has 1 fully saturated rings. The van der Waals surface area contributed by atoms with Gasteiger partial charge in [0.05, 0.1) is 5.69 Å². The minimum Gasteiger partial charge on any atom is -0.326 e. The average molecular weight is 254 g/mol. The highest BCUT2D eigenvalue weighted by atomic mass is 32.2. The number of sulfonamides is 1. The molecule has 92 valence electrons. The van der Waals surface area contributed by atoms with E-state index in [4.69, 9.17) is 5.73 Å². The molecule has 0 saturated carbocycles. The first-order valence-electron chi connectivity index (χ1n) is 5.21. The van der Waals surface area contributed by atoms with Crippen molar-refractivity contribution in [2.45, 2.75) is 25.1 Å². The molecule has 1 aliphatic rings. The van der Waals surface area contributed by atoms with Crippen molar-refractivity contribution in [1.82, 2.24) is 0 Å². The molecule has 0 aliphatic carbocycles. The van der Waals surface area contributed by atoms with Crippen LogP contribution in [0, 0.1) is 0 Å². The van der Waals surface area contributed by atoms with E-state index in [1.165, 1.54) is 13.8 Å². The van der Waals surface area contributed by atoms with Crippen LogP contribution in [0.5, 0.6) is 0 Å². The summed E-state index contributed by atoms with van der Waals surface area (Å²) in [5, 5.41) is 0. The number of para-hydroxylation sites is 1. The van der Waals surface area contributed by atoms with Gasteiger partial charge in [-0.1, -0.05) is 18.2 Å². The number of carbonyl (C=O) groups is 1. The van der Waals surface area contributed by atoms with Crippen molar-refractivity contribution in [2.24, 2.45) is 5.73 Å². The molecule has 0 spiro atoms. The Balaban J connectivity index is 2.54. The summed E-state index contributed by atoms with van der Waals surface area (Å²) < 4.78 is 23.5. The van der Waals surface area contributed by atoms with Crippen LogP contribution in [0.25, 0.3) is 0 Å². The maximum atomic E-state index is 12.0. The molecule has 17 heavy (non-hydrogen) atoms. The average Bonchev–Trinajstić information content (AvgIpc) is 2.29. The van der Waals surface area contributed by atoms with Gasteiger partial charge in [-0.3, -0.25) is 4.79 Å². The maximum absolute atomic E-state index is 12.0. The van der Waals surface area contributed by atoms with E-state index in [1.54, 1.807) is 24.3 Å². The zero-order valence-corrected chi connectivity index (χ0v) is 10.5. The monoisotopic (exact) mass is 254 g/mol. The van der Waals surface area contributed by atoms with Crippen molar-refractivity contribution >= 4 is 21.6 Å². The van der Waals surface area contributed by atoms with Crippen molar-refractivity contribution in [3.63, 3.8) is 0 Å². The van der Waals surface area contributed by atoms with E-state index in [-0.39, 0.29) is 6.54 Å². The molecule has 6 heteroatoms. The molecular weight excluding hydrogens is 240 g/mol. The van der Waals surface area contributed by atoms with Gasteiger partial charge in [0.25, 0.3) is 15.9 Å². The van der Waals surface area contributed by atoms with E-state index >= 15 is 0 Å². The van der Waals surface area contributed by atoms with Crippen molar-refractivity contribution in [2.75, 3.05) is 4.31 Å². The number of hydrogen-bond donors (Lipinski definition) is 1. The Hall–Kier alpha value is -1.40. The molecule has 0 aromatic heterocycles. The summed E-state index contributed by atoms with van der Waals surface area (Å²) in [5.74, 6) is -0.418. The van der Waals surface area contributed by atoms with E-state index < -0.39 is 20.7 Å². The van der Waals surface area contributed by atoms with Crippen molar-refractivity contribution in [3.8, 4) is 0 Å². The van der Waals surface area contributed by atoms with Crippen LogP contribution >= 0.6 is 0 Å². The first-order chi connectivity index (χ1) is 7.84. The summed E-state index contributed by atoms with van der Waals surface area (Å²) >= 11 is 0. The van der Waals surface area contributed by atoms with Gasteiger partial charge in [0.1, 0.15) is 0 Å². The maximum Gasteiger partial charge on any atom is 0.263 e. The topological polar surface area (TPSA) is 80.5 Å². The molecule has 1 aromatic rings. The zero-order chi connectivity index (χ0) is 12.8. The minimum atomic E-state index is -3.61. The van der Waals surface area contributed by atoms with Crippen LogP contribution in [0.3, 0.4) is 0 Å². The Morgan fingerprint density at radius 3 is 2.41 bits per heavy atom. The second kappa shape index (κ2) is 3.54. The lowest BCUT2D eigenvalue weighted by molar-refractivity contribution is -0.120. The number of amides is 1. The number of hydrogen-bond acceptors (Lipinski definition) is 4. The number of anilines is 1. The van der Waals surface area contributed by atoms with Crippen LogP contribution in [0.4, 0.5) is 5.69 Å². The van der Waals surface area contributed by atoms with Crippen LogP contribution in [0.2, 0.25) is 0 Å². The molecule has 2 N–H and O–H groups in total. The van der Waals surface area contributed by atoms with Crippen LogP contribution in [0.1, 0.15) is 19.4 Å². The number of nitrogens with two attached hydrogens (primary N) is 1. The predicted octanol–water partition coefficient (Wildman–Crippen LogP) is 0.600. The number of benzene rings is 1. The van der Waals surface area contributed by atoms with Crippen LogP contribution in [-0.4, -0.2) is 19.1 Å². The first kappa shape index (κ1) is 12.1. The van der Waals surface area contributed by atoms with Crippen LogP contribution in [-0.2, 0) is 21.4 Å². The molecule has 2 rings (SSSR count). The lowest BCUT2D eigenvalue weighted by atomic mass is 10.1. The largest absolute Gasteiger partial charge is 0.326 e. The third-order valence-corrected chi connectivity index (χ3v) is 5.32. The summed E-state index contributed by atoms with van der Waals surface area (Å²) in [6.45, 7) is 3.01. The zero-order valence-electron chi connectivity index (χ0n) is 9.67. The minimum absolute atomic E-state index is 0.190. The van der Waals surface area contributed by atoms with Crippen molar-refractivity contribution in [3.05, 3.63) is 29.8 Å². The smallest absolute Gasteiger partial charge is 0.263 e. The lowest BCUT2D eigenvalue weighted by Gasteiger charge is -2.43. The molecule has 1 heterocycles. The highest BCUT2D eigenvalue weighted by Crippen LogP contribution is 2.40. The Labute approximate surface area is 100 Å². The molecule has 0 atom stereocenters. The van der Waals surface area contributed by atoms with Gasteiger partial charge in [0, 0.05) is 6.54 Å². The SMILES string of the molecule is CC1(C)C(=O)N(c2ccccc2CN)S1(=O)=O. The summed E-state index contributed by atoms with van der Waals surface area (Å²) in [7, 11) is -3.61. The standard InChI is InChI=1S/C11H14N2O3S/c1-11(2)10(14)13(17(11,15)16)9-6-4-3-5-8(9)7-12/h3-6H,7,12H2,1-2H3. The first-order valence-corrected chi connectivity index (χ1v) is 6.65. The van der Waals surface area contributed by atoms with Crippen LogP contribution in [0.15, 0.2) is 24.3 Å².